The summed E-state index contributed by atoms with van der Waals surface area (Å²) < 4.78 is 0. The van der Waals surface area contributed by atoms with Crippen LogP contribution in [0, 0.1) is 6.92 Å². The molecule has 0 bridgehead atoms. The van der Waals surface area contributed by atoms with Crippen LogP contribution >= 0.6 is 0 Å². The largest absolute Gasteiger partial charge is 0.370 e. The third kappa shape index (κ3) is 5.19. The van der Waals surface area contributed by atoms with Gasteiger partial charge in [-0.1, -0.05) is 26.7 Å². The predicted molar refractivity (Wildman–Crippen MR) is 84.2 cm³/mol. The van der Waals surface area contributed by atoms with Gasteiger partial charge in [0, 0.05) is 31.4 Å². The molecule has 0 aromatic carbocycles. The molecule has 1 rings (SSSR count). The van der Waals surface area contributed by atoms with E-state index < -0.39 is 0 Å². The maximum absolute atomic E-state index is 12.4. The molecule has 4 heteroatoms. The highest BCUT2D eigenvalue weighted by Crippen LogP contribution is 2.12. The lowest BCUT2D eigenvalue weighted by Gasteiger charge is -2.18. The summed E-state index contributed by atoms with van der Waals surface area (Å²) in [5, 5.41) is 3.24. The Labute approximate surface area is 122 Å². The van der Waals surface area contributed by atoms with E-state index in [-0.39, 0.29) is 5.91 Å². The first kappa shape index (κ1) is 16.5. The van der Waals surface area contributed by atoms with Gasteiger partial charge in [-0.25, -0.2) is 4.98 Å². The molecular formula is C16H27N3O. The quantitative estimate of drug-likeness (QED) is 0.740. The summed E-state index contributed by atoms with van der Waals surface area (Å²) in [4.78, 5) is 18.6. The molecule has 1 heterocycles. The highest BCUT2D eigenvalue weighted by molar-refractivity contribution is 5.94. The van der Waals surface area contributed by atoms with E-state index in [0.717, 1.165) is 49.4 Å². The zero-order chi connectivity index (χ0) is 15.0. The lowest BCUT2D eigenvalue weighted by Crippen LogP contribution is -2.28. The lowest BCUT2D eigenvalue weighted by molar-refractivity contribution is 0.0792. The van der Waals surface area contributed by atoms with Crippen LogP contribution in [0.4, 0.5) is 5.82 Å². The molecule has 0 saturated carbocycles. The predicted octanol–water partition coefficient (Wildman–Crippen LogP) is 3.47. The molecule has 0 saturated heterocycles. The Kier molecular flexibility index (Phi) is 7.05. The van der Waals surface area contributed by atoms with Crippen LogP contribution in [0.5, 0.6) is 0 Å². The minimum Gasteiger partial charge on any atom is -0.370 e. The normalized spacial score (nSPS) is 10.4. The van der Waals surface area contributed by atoms with E-state index in [0.29, 0.717) is 0 Å². The van der Waals surface area contributed by atoms with Gasteiger partial charge in [0.1, 0.15) is 5.82 Å². The van der Waals surface area contributed by atoms with Crippen molar-refractivity contribution in [1.82, 2.24) is 9.88 Å². The Bertz CT molecular complexity index is 432. The van der Waals surface area contributed by atoms with Gasteiger partial charge in [0.05, 0.1) is 0 Å². The molecule has 1 aromatic rings. The van der Waals surface area contributed by atoms with E-state index in [9.17, 15) is 4.79 Å². The van der Waals surface area contributed by atoms with Crippen LogP contribution in [0.2, 0.25) is 0 Å². The Hall–Kier alpha value is -1.58. The molecule has 1 N–H and O–H groups in total. The fourth-order valence-corrected chi connectivity index (χ4v) is 2.06. The summed E-state index contributed by atoms with van der Waals surface area (Å²) in [6.45, 7) is 7.88. The van der Waals surface area contributed by atoms with Crippen molar-refractivity contribution in [3.8, 4) is 0 Å². The Morgan fingerprint density at radius 3 is 2.65 bits per heavy atom. The molecule has 0 unspecified atom stereocenters. The van der Waals surface area contributed by atoms with Gasteiger partial charge in [-0.2, -0.15) is 0 Å². The maximum Gasteiger partial charge on any atom is 0.253 e. The van der Waals surface area contributed by atoms with Crippen LogP contribution in [0.15, 0.2) is 12.1 Å². The van der Waals surface area contributed by atoms with Crippen LogP contribution in [0.1, 0.15) is 55.6 Å². The summed E-state index contributed by atoms with van der Waals surface area (Å²) in [5.41, 5.74) is 1.59. The number of carbonyl (C=O) groups is 1. The summed E-state index contributed by atoms with van der Waals surface area (Å²) in [5.74, 6) is 0.864. The molecule has 0 spiro atoms. The summed E-state index contributed by atoms with van der Waals surface area (Å²) >= 11 is 0. The van der Waals surface area contributed by atoms with Crippen molar-refractivity contribution in [1.29, 1.82) is 0 Å². The monoisotopic (exact) mass is 277 g/mol. The molecule has 1 amide bonds. The number of rotatable bonds is 8. The maximum atomic E-state index is 12.4. The second-order valence-corrected chi connectivity index (χ2v) is 5.24. The number of amides is 1. The van der Waals surface area contributed by atoms with E-state index in [1.54, 1.807) is 4.90 Å². The van der Waals surface area contributed by atoms with Crippen molar-refractivity contribution in [2.45, 2.75) is 46.5 Å². The Morgan fingerprint density at radius 2 is 2.00 bits per heavy atom. The third-order valence-corrected chi connectivity index (χ3v) is 3.20. The zero-order valence-electron chi connectivity index (χ0n) is 13.2. The fourth-order valence-electron chi connectivity index (χ4n) is 2.06. The molecule has 0 radical (unpaired) electrons. The lowest BCUT2D eigenvalue weighted by atomic mass is 10.2. The molecule has 1 aromatic heterocycles. The van der Waals surface area contributed by atoms with Crippen LogP contribution < -0.4 is 5.32 Å². The van der Waals surface area contributed by atoms with E-state index in [1.165, 1.54) is 6.42 Å². The number of carbonyl (C=O) groups excluding carboxylic acids is 1. The Balaban J connectivity index is 2.73. The van der Waals surface area contributed by atoms with Crippen molar-refractivity contribution >= 4 is 11.7 Å². The van der Waals surface area contributed by atoms with E-state index in [2.05, 4.69) is 24.1 Å². The number of hydrogen-bond acceptors (Lipinski definition) is 3. The highest BCUT2D eigenvalue weighted by Gasteiger charge is 2.13. The number of nitrogens with zero attached hydrogens (tertiary/aromatic N) is 2. The molecule has 0 aliphatic heterocycles. The number of aromatic nitrogens is 1. The summed E-state index contributed by atoms with van der Waals surface area (Å²) in [7, 11) is 1.87. The van der Waals surface area contributed by atoms with Gasteiger partial charge in [0.25, 0.3) is 5.91 Å². The molecule has 0 aliphatic rings. The van der Waals surface area contributed by atoms with Crippen molar-refractivity contribution in [3.63, 3.8) is 0 Å². The van der Waals surface area contributed by atoms with Crippen LogP contribution in [-0.4, -0.2) is 35.9 Å². The topological polar surface area (TPSA) is 45.2 Å². The molecule has 112 valence electrons. The fraction of sp³-hybridized carbons (Fsp3) is 0.625. The van der Waals surface area contributed by atoms with Crippen molar-refractivity contribution in [3.05, 3.63) is 23.4 Å². The first-order valence-corrected chi connectivity index (χ1v) is 7.56. The molecule has 4 nitrogen and oxygen atoms in total. The number of hydrogen-bond donors (Lipinski definition) is 1. The van der Waals surface area contributed by atoms with Gasteiger partial charge in [-0.15, -0.1) is 0 Å². The number of pyridine rings is 1. The molecular weight excluding hydrogens is 250 g/mol. The zero-order valence-corrected chi connectivity index (χ0v) is 13.2. The average Bonchev–Trinajstić information content (AvgIpc) is 2.43. The molecule has 0 aliphatic carbocycles. The second kappa shape index (κ2) is 8.56. The van der Waals surface area contributed by atoms with E-state index in [1.807, 2.05) is 26.1 Å². The van der Waals surface area contributed by atoms with Gasteiger partial charge in [-0.05, 0) is 31.9 Å². The van der Waals surface area contributed by atoms with E-state index in [4.69, 9.17) is 0 Å². The van der Waals surface area contributed by atoms with Gasteiger partial charge in [0.15, 0.2) is 0 Å². The van der Waals surface area contributed by atoms with Crippen molar-refractivity contribution in [2.24, 2.45) is 0 Å². The van der Waals surface area contributed by atoms with Gasteiger partial charge >= 0.3 is 0 Å². The minimum atomic E-state index is 0.0751. The number of nitrogens with one attached hydrogen (secondary N) is 1. The van der Waals surface area contributed by atoms with Gasteiger partial charge in [-0.3, -0.25) is 4.79 Å². The standard InChI is InChI=1S/C16H27N3O/c1-5-7-8-10-19(4)16(20)14-11-13(3)18-15(12-14)17-9-6-2/h11-12H,5-10H2,1-4H3,(H,17,18). The summed E-state index contributed by atoms with van der Waals surface area (Å²) in [6, 6.07) is 3.71. The average molecular weight is 277 g/mol. The molecule has 0 fully saturated rings. The van der Waals surface area contributed by atoms with Crippen LogP contribution in [0.25, 0.3) is 0 Å². The Morgan fingerprint density at radius 1 is 1.25 bits per heavy atom. The van der Waals surface area contributed by atoms with Crippen LogP contribution in [-0.2, 0) is 0 Å². The smallest absolute Gasteiger partial charge is 0.253 e. The van der Waals surface area contributed by atoms with E-state index >= 15 is 0 Å². The molecule has 0 atom stereocenters. The number of anilines is 1. The SMILES string of the molecule is CCCCCN(C)C(=O)c1cc(C)nc(NCCC)c1. The first-order valence-electron chi connectivity index (χ1n) is 7.56. The highest BCUT2D eigenvalue weighted by atomic mass is 16.2. The molecule has 20 heavy (non-hydrogen) atoms. The second-order valence-electron chi connectivity index (χ2n) is 5.24. The van der Waals surface area contributed by atoms with Crippen molar-refractivity contribution in [2.75, 3.05) is 25.5 Å². The van der Waals surface area contributed by atoms with Gasteiger partial charge in [0.2, 0.25) is 0 Å². The number of aryl methyl sites for hydroxylation is 1. The minimum absolute atomic E-state index is 0.0751. The van der Waals surface area contributed by atoms with Crippen LogP contribution in [0.3, 0.4) is 0 Å². The van der Waals surface area contributed by atoms with Crippen molar-refractivity contribution < 1.29 is 4.79 Å². The number of unbranched alkanes of at least 4 members (excludes halogenated alkanes) is 2. The summed E-state index contributed by atoms with van der Waals surface area (Å²) in [6.07, 6.45) is 4.43. The first-order chi connectivity index (χ1) is 9.58. The van der Waals surface area contributed by atoms with Gasteiger partial charge < -0.3 is 10.2 Å². The third-order valence-electron chi connectivity index (χ3n) is 3.20.